The minimum Gasteiger partial charge on any atom is -0.451 e. The molecule has 0 spiro atoms. The molecule has 1 unspecified atom stereocenters. The van der Waals surface area contributed by atoms with Crippen molar-refractivity contribution in [2.24, 2.45) is 5.92 Å². The van der Waals surface area contributed by atoms with Gasteiger partial charge in [-0.2, -0.15) is 0 Å². The number of furan rings is 1. The van der Waals surface area contributed by atoms with Gasteiger partial charge < -0.3 is 14.6 Å². The van der Waals surface area contributed by atoms with Gasteiger partial charge in [-0.05, 0) is 63.2 Å². The minimum absolute atomic E-state index is 0.114. The number of carbonyl (C=O) groups excluding carboxylic acids is 1. The third-order valence-corrected chi connectivity index (χ3v) is 4.89. The smallest absolute Gasteiger partial charge is 0.287 e. The number of fused-ring (bicyclic) bond motifs is 1. The van der Waals surface area contributed by atoms with E-state index in [2.05, 4.69) is 17.1 Å². The lowest BCUT2D eigenvalue weighted by Crippen LogP contribution is -2.35. The summed E-state index contributed by atoms with van der Waals surface area (Å²) in [6, 6.07) is 7.78. The van der Waals surface area contributed by atoms with E-state index in [-0.39, 0.29) is 5.91 Å². The number of carbonyl (C=O) groups is 1. The molecule has 1 fully saturated rings. The Balaban J connectivity index is 1.41. The number of hydrogen-bond acceptors (Lipinski definition) is 3. The van der Waals surface area contributed by atoms with Crippen LogP contribution in [-0.4, -0.2) is 37.0 Å². The van der Waals surface area contributed by atoms with Gasteiger partial charge in [0.05, 0.1) is 0 Å². The van der Waals surface area contributed by atoms with E-state index < -0.39 is 0 Å². The van der Waals surface area contributed by atoms with Gasteiger partial charge in [0, 0.05) is 18.5 Å². The van der Waals surface area contributed by atoms with Crippen molar-refractivity contribution < 1.29 is 9.21 Å². The van der Waals surface area contributed by atoms with Crippen molar-refractivity contribution in [3.05, 3.63) is 35.6 Å². The fraction of sp³-hybridized carbons (Fsp3) is 0.550. The molecule has 4 heteroatoms. The van der Waals surface area contributed by atoms with E-state index >= 15 is 0 Å². The van der Waals surface area contributed by atoms with E-state index in [9.17, 15) is 4.79 Å². The van der Waals surface area contributed by atoms with Crippen LogP contribution >= 0.6 is 0 Å². The van der Waals surface area contributed by atoms with Gasteiger partial charge in [-0.3, -0.25) is 4.79 Å². The first kappa shape index (κ1) is 17.0. The maximum Gasteiger partial charge on any atom is 0.287 e. The monoisotopic (exact) mass is 328 g/mol. The highest BCUT2D eigenvalue weighted by molar-refractivity contribution is 5.96. The number of rotatable bonds is 6. The molecule has 0 aliphatic carbocycles. The maximum atomic E-state index is 12.2. The first-order valence-electron chi connectivity index (χ1n) is 9.13. The van der Waals surface area contributed by atoms with Gasteiger partial charge in [0.1, 0.15) is 5.58 Å². The van der Waals surface area contributed by atoms with Crippen LogP contribution in [0.15, 0.2) is 28.7 Å². The van der Waals surface area contributed by atoms with Crippen LogP contribution < -0.4 is 5.32 Å². The van der Waals surface area contributed by atoms with Gasteiger partial charge in [0.2, 0.25) is 0 Å². The summed E-state index contributed by atoms with van der Waals surface area (Å²) in [4.78, 5) is 14.8. The third kappa shape index (κ3) is 4.18. The second-order valence-electron chi connectivity index (χ2n) is 7.11. The second-order valence-corrected chi connectivity index (χ2v) is 7.11. The molecule has 0 bridgehead atoms. The SMILES string of the molecule is Cc1cccc2cc(C(=O)NCCCCN3CCCC(C)C3)oc12. The predicted molar refractivity (Wildman–Crippen MR) is 97.4 cm³/mol. The molecule has 0 radical (unpaired) electrons. The number of piperidine rings is 1. The number of nitrogens with zero attached hydrogens (tertiary/aromatic N) is 1. The zero-order chi connectivity index (χ0) is 16.9. The number of benzene rings is 1. The van der Waals surface area contributed by atoms with Crippen molar-refractivity contribution in [2.75, 3.05) is 26.2 Å². The number of hydrogen-bond donors (Lipinski definition) is 1. The van der Waals surface area contributed by atoms with Crippen LogP contribution in [0.4, 0.5) is 0 Å². The largest absolute Gasteiger partial charge is 0.451 e. The zero-order valence-electron chi connectivity index (χ0n) is 14.8. The van der Waals surface area contributed by atoms with Crippen molar-refractivity contribution in [1.29, 1.82) is 0 Å². The Bertz CT molecular complexity index is 692. The van der Waals surface area contributed by atoms with Crippen LogP contribution in [0, 0.1) is 12.8 Å². The summed E-state index contributed by atoms with van der Waals surface area (Å²) < 4.78 is 5.70. The molecule has 1 aromatic carbocycles. The van der Waals surface area contributed by atoms with Gasteiger partial charge in [-0.1, -0.05) is 25.1 Å². The highest BCUT2D eigenvalue weighted by Gasteiger charge is 2.16. The van der Waals surface area contributed by atoms with E-state index in [4.69, 9.17) is 4.42 Å². The standard InChI is InChI=1S/C20H28N2O2/c1-15-7-6-12-22(14-15)11-4-3-10-21-20(23)18-13-17-9-5-8-16(2)19(17)24-18/h5,8-9,13,15H,3-4,6-7,10-12,14H2,1-2H3,(H,21,23). The van der Waals surface area contributed by atoms with Crippen LogP contribution in [0.5, 0.6) is 0 Å². The van der Waals surface area contributed by atoms with Crippen LogP contribution in [0.3, 0.4) is 0 Å². The summed E-state index contributed by atoms with van der Waals surface area (Å²) in [5.41, 5.74) is 1.86. The van der Waals surface area contributed by atoms with Crippen molar-refractivity contribution >= 4 is 16.9 Å². The average molecular weight is 328 g/mol. The van der Waals surface area contributed by atoms with E-state index in [0.29, 0.717) is 12.3 Å². The topological polar surface area (TPSA) is 45.5 Å². The van der Waals surface area contributed by atoms with Crippen LogP contribution in [0.25, 0.3) is 11.0 Å². The van der Waals surface area contributed by atoms with Crippen LogP contribution in [0.1, 0.15) is 48.7 Å². The Morgan fingerprint density at radius 2 is 2.25 bits per heavy atom. The molecule has 2 aromatic rings. The molecule has 1 aromatic heterocycles. The van der Waals surface area contributed by atoms with Gasteiger partial charge in [-0.25, -0.2) is 0 Å². The van der Waals surface area contributed by atoms with E-state index in [1.165, 1.54) is 25.9 Å². The summed E-state index contributed by atoms with van der Waals surface area (Å²) >= 11 is 0. The molecular formula is C20H28N2O2. The van der Waals surface area contributed by atoms with Crippen molar-refractivity contribution in [3.63, 3.8) is 0 Å². The molecule has 130 valence electrons. The molecule has 4 nitrogen and oxygen atoms in total. The van der Waals surface area contributed by atoms with Gasteiger partial charge in [0.15, 0.2) is 5.76 Å². The lowest BCUT2D eigenvalue weighted by atomic mass is 10.0. The summed E-state index contributed by atoms with van der Waals surface area (Å²) in [5, 5.41) is 3.96. The van der Waals surface area contributed by atoms with Crippen molar-refractivity contribution in [3.8, 4) is 0 Å². The molecule has 1 N–H and O–H groups in total. The molecule has 1 atom stereocenters. The highest BCUT2D eigenvalue weighted by Crippen LogP contribution is 2.22. The summed E-state index contributed by atoms with van der Waals surface area (Å²) in [7, 11) is 0. The average Bonchev–Trinajstić information content (AvgIpc) is 3.00. The fourth-order valence-electron chi connectivity index (χ4n) is 3.56. The lowest BCUT2D eigenvalue weighted by molar-refractivity contribution is 0.0926. The Labute approximate surface area is 144 Å². The number of likely N-dealkylation sites (tertiary alicyclic amines) is 1. The van der Waals surface area contributed by atoms with Crippen LogP contribution in [0.2, 0.25) is 0 Å². The number of aryl methyl sites for hydroxylation is 1. The third-order valence-electron chi connectivity index (χ3n) is 4.89. The van der Waals surface area contributed by atoms with E-state index in [1.54, 1.807) is 0 Å². The van der Waals surface area contributed by atoms with Gasteiger partial charge in [0.25, 0.3) is 5.91 Å². The maximum absolute atomic E-state index is 12.2. The molecule has 0 saturated carbocycles. The Morgan fingerprint density at radius 1 is 1.38 bits per heavy atom. The van der Waals surface area contributed by atoms with E-state index in [0.717, 1.165) is 41.8 Å². The van der Waals surface area contributed by atoms with Crippen LogP contribution in [-0.2, 0) is 0 Å². The van der Waals surface area contributed by atoms with Gasteiger partial charge >= 0.3 is 0 Å². The van der Waals surface area contributed by atoms with E-state index in [1.807, 2.05) is 31.2 Å². The molecule has 1 aliphatic rings. The normalized spacial score (nSPS) is 18.8. The number of nitrogens with one attached hydrogen (secondary N) is 1. The number of unbranched alkanes of at least 4 members (excludes halogenated alkanes) is 1. The molecule has 1 saturated heterocycles. The number of para-hydroxylation sites is 1. The number of amides is 1. The molecule has 3 rings (SSSR count). The predicted octanol–water partition coefficient (Wildman–Crippen LogP) is 3.98. The molecular weight excluding hydrogens is 300 g/mol. The van der Waals surface area contributed by atoms with Crippen molar-refractivity contribution in [1.82, 2.24) is 10.2 Å². The first-order valence-corrected chi connectivity index (χ1v) is 9.13. The summed E-state index contributed by atoms with van der Waals surface area (Å²) in [5.74, 6) is 1.12. The first-order chi connectivity index (χ1) is 11.6. The van der Waals surface area contributed by atoms with Crippen molar-refractivity contribution in [2.45, 2.75) is 39.5 Å². The Kier molecular flexibility index (Phi) is 5.56. The zero-order valence-corrected chi connectivity index (χ0v) is 14.8. The van der Waals surface area contributed by atoms with Gasteiger partial charge in [-0.15, -0.1) is 0 Å². The molecule has 1 aliphatic heterocycles. The quantitative estimate of drug-likeness (QED) is 0.816. The Hall–Kier alpha value is -1.81. The second kappa shape index (κ2) is 7.84. The highest BCUT2D eigenvalue weighted by atomic mass is 16.3. The molecule has 1 amide bonds. The molecule has 2 heterocycles. The summed E-state index contributed by atoms with van der Waals surface area (Å²) in [6.45, 7) is 8.64. The summed E-state index contributed by atoms with van der Waals surface area (Å²) in [6.07, 6.45) is 4.83. The lowest BCUT2D eigenvalue weighted by Gasteiger charge is -2.30. The minimum atomic E-state index is -0.114. The Morgan fingerprint density at radius 3 is 3.04 bits per heavy atom. The molecule has 24 heavy (non-hydrogen) atoms. The fourth-order valence-corrected chi connectivity index (χ4v) is 3.56.